The molecule has 2 aromatic heterocycles. The average molecular weight is 497 g/mol. The van der Waals surface area contributed by atoms with Crippen molar-refractivity contribution >= 4 is 29.0 Å². The van der Waals surface area contributed by atoms with E-state index >= 15 is 0 Å². The third-order valence-corrected chi connectivity index (χ3v) is 5.89. The predicted molar refractivity (Wildman–Crippen MR) is 132 cm³/mol. The molecule has 1 aliphatic rings. The topological polar surface area (TPSA) is 138 Å². The van der Waals surface area contributed by atoms with Crippen LogP contribution in [0, 0.1) is 10.1 Å². The SMILES string of the molecule is CCOC(=O)CCN(Cc1ccco1)c1ncnc(N2CCN(c3ccccc3O)CC2)c1[N+](=O)[O-]. The number of esters is 1. The van der Waals surface area contributed by atoms with Crippen LogP contribution in [0.15, 0.2) is 53.4 Å². The lowest BCUT2D eigenvalue weighted by molar-refractivity contribution is -0.383. The zero-order valence-corrected chi connectivity index (χ0v) is 19.9. The van der Waals surface area contributed by atoms with Crippen LogP contribution < -0.4 is 14.7 Å². The fourth-order valence-electron chi connectivity index (χ4n) is 4.19. The molecule has 3 heterocycles. The number of para-hydroxylation sites is 2. The smallest absolute Gasteiger partial charge is 0.353 e. The van der Waals surface area contributed by atoms with E-state index in [9.17, 15) is 20.0 Å². The van der Waals surface area contributed by atoms with Crippen LogP contribution in [-0.2, 0) is 16.1 Å². The van der Waals surface area contributed by atoms with Gasteiger partial charge in [-0.05, 0) is 31.2 Å². The van der Waals surface area contributed by atoms with Crippen LogP contribution in [0.5, 0.6) is 5.75 Å². The van der Waals surface area contributed by atoms with E-state index in [1.807, 2.05) is 21.9 Å². The van der Waals surface area contributed by atoms with E-state index in [-0.39, 0.29) is 49.2 Å². The first-order valence-electron chi connectivity index (χ1n) is 11.7. The Balaban J connectivity index is 1.59. The van der Waals surface area contributed by atoms with Crippen LogP contribution in [-0.4, -0.2) is 65.3 Å². The monoisotopic (exact) mass is 496 g/mol. The second-order valence-corrected chi connectivity index (χ2v) is 8.15. The van der Waals surface area contributed by atoms with Crippen molar-refractivity contribution in [1.82, 2.24) is 9.97 Å². The zero-order chi connectivity index (χ0) is 25.5. The number of nitrogens with zero attached hydrogens (tertiary/aromatic N) is 6. The van der Waals surface area contributed by atoms with Gasteiger partial charge in [-0.1, -0.05) is 12.1 Å². The molecule has 3 aromatic rings. The van der Waals surface area contributed by atoms with Gasteiger partial charge >= 0.3 is 11.7 Å². The number of carbonyl (C=O) groups is 1. The number of phenols is 1. The fraction of sp³-hybridized carbons (Fsp3) is 0.375. The predicted octanol–water partition coefficient (Wildman–Crippen LogP) is 2.97. The molecule has 0 saturated carbocycles. The van der Waals surface area contributed by atoms with Gasteiger partial charge in [-0.3, -0.25) is 14.9 Å². The number of piperazine rings is 1. The lowest BCUT2D eigenvalue weighted by Crippen LogP contribution is -2.47. The van der Waals surface area contributed by atoms with E-state index < -0.39 is 10.9 Å². The maximum atomic E-state index is 12.3. The van der Waals surface area contributed by atoms with Gasteiger partial charge in [0.15, 0.2) is 0 Å². The van der Waals surface area contributed by atoms with Crippen LogP contribution in [0.2, 0.25) is 0 Å². The third kappa shape index (κ3) is 5.65. The minimum absolute atomic E-state index is 0.0320. The van der Waals surface area contributed by atoms with Gasteiger partial charge in [0.2, 0.25) is 11.6 Å². The molecule has 0 radical (unpaired) electrons. The Hall–Kier alpha value is -4.35. The zero-order valence-electron chi connectivity index (χ0n) is 19.9. The fourth-order valence-corrected chi connectivity index (χ4v) is 4.19. The quantitative estimate of drug-likeness (QED) is 0.252. The maximum absolute atomic E-state index is 12.3. The van der Waals surface area contributed by atoms with Crippen LogP contribution in [0.3, 0.4) is 0 Å². The van der Waals surface area contributed by atoms with E-state index in [0.29, 0.717) is 31.9 Å². The summed E-state index contributed by atoms with van der Waals surface area (Å²) >= 11 is 0. The summed E-state index contributed by atoms with van der Waals surface area (Å²) in [5.41, 5.74) is 0.488. The number of hydrogen-bond donors (Lipinski definition) is 1. The van der Waals surface area contributed by atoms with E-state index in [4.69, 9.17) is 9.15 Å². The summed E-state index contributed by atoms with van der Waals surface area (Å²) in [5, 5.41) is 22.5. The first kappa shape index (κ1) is 24.8. The van der Waals surface area contributed by atoms with Crippen LogP contribution >= 0.6 is 0 Å². The first-order chi connectivity index (χ1) is 17.5. The molecular weight excluding hydrogens is 468 g/mol. The second kappa shape index (κ2) is 11.4. The molecule has 12 nitrogen and oxygen atoms in total. The highest BCUT2D eigenvalue weighted by Crippen LogP contribution is 2.36. The number of benzene rings is 1. The van der Waals surface area contributed by atoms with Crippen LogP contribution in [0.4, 0.5) is 23.0 Å². The summed E-state index contributed by atoms with van der Waals surface area (Å²) in [6.07, 6.45) is 2.85. The lowest BCUT2D eigenvalue weighted by atomic mass is 10.2. The summed E-state index contributed by atoms with van der Waals surface area (Å²) in [6, 6.07) is 10.6. The highest BCUT2D eigenvalue weighted by molar-refractivity contribution is 5.74. The molecule has 1 N–H and O–H groups in total. The minimum atomic E-state index is -0.487. The summed E-state index contributed by atoms with van der Waals surface area (Å²) in [7, 11) is 0. The van der Waals surface area contributed by atoms with Gasteiger partial charge in [0.1, 0.15) is 17.8 Å². The summed E-state index contributed by atoms with van der Waals surface area (Å²) < 4.78 is 10.5. The molecule has 0 aliphatic carbocycles. The second-order valence-electron chi connectivity index (χ2n) is 8.15. The number of nitro groups is 1. The first-order valence-corrected chi connectivity index (χ1v) is 11.7. The lowest BCUT2D eigenvalue weighted by Gasteiger charge is -2.36. The molecular formula is C24H28N6O6. The van der Waals surface area contributed by atoms with Gasteiger partial charge in [-0.15, -0.1) is 0 Å². The molecule has 0 atom stereocenters. The Morgan fingerprint density at radius 3 is 2.58 bits per heavy atom. The van der Waals surface area contributed by atoms with Gasteiger partial charge in [0.05, 0.1) is 36.4 Å². The number of aromatic hydroxyl groups is 1. The Morgan fingerprint density at radius 1 is 1.17 bits per heavy atom. The van der Waals surface area contributed by atoms with Crippen molar-refractivity contribution in [2.75, 3.05) is 54.0 Å². The molecule has 1 saturated heterocycles. The van der Waals surface area contributed by atoms with Gasteiger partial charge in [0, 0.05) is 32.7 Å². The number of carbonyl (C=O) groups excluding carboxylic acids is 1. The number of furan rings is 1. The van der Waals surface area contributed by atoms with Gasteiger partial charge in [0.25, 0.3) is 0 Å². The molecule has 0 spiro atoms. The van der Waals surface area contributed by atoms with Crippen molar-refractivity contribution in [2.24, 2.45) is 0 Å². The number of ether oxygens (including phenoxy) is 1. The molecule has 1 aliphatic heterocycles. The largest absolute Gasteiger partial charge is 0.506 e. The summed E-state index contributed by atoms with van der Waals surface area (Å²) in [5.74, 6) is 0.677. The van der Waals surface area contributed by atoms with Gasteiger partial charge in [-0.25, -0.2) is 9.97 Å². The molecule has 12 heteroatoms. The van der Waals surface area contributed by atoms with Crippen molar-refractivity contribution in [3.63, 3.8) is 0 Å². The molecule has 1 aromatic carbocycles. The van der Waals surface area contributed by atoms with E-state index in [2.05, 4.69) is 9.97 Å². The maximum Gasteiger partial charge on any atom is 0.353 e. The van der Waals surface area contributed by atoms with Crippen molar-refractivity contribution < 1.29 is 24.0 Å². The van der Waals surface area contributed by atoms with Crippen LogP contribution in [0.1, 0.15) is 19.1 Å². The Bertz CT molecular complexity index is 1180. The van der Waals surface area contributed by atoms with Crippen molar-refractivity contribution in [2.45, 2.75) is 19.9 Å². The molecule has 0 unspecified atom stereocenters. The number of rotatable bonds is 10. The third-order valence-electron chi connectivity index (χ3n) is 5.89. The average Bonchev–Trinajstić information content (AvgIpc) is 3.40. The molecule has 4 rings (SSSR count). The number of hydrogen-bond acceptors (Lipinski definition) is 11. The molecule has 0 bridgehead atoms. The van der Waals surface area contributed by atoms with Crippen LogP contribution in [0.25, 0.3) is 0 Å². The van der Waals surface area contributed by atoms with Gasteiger partial charge < -0.3 is 29.0 Å². The van der Waals surface area contributed by atoms with E-state index in [1.165, 1.54) is 12.6 Å². The Morgan fingerprint density at radius 2 is 1.92 bits per heavy atom. The van der Waals surface area contributed by atoms with Crippen molar-refractivity contribution in [1.29, 1.82) is 0 Å². The Labute approximate surface area is 207 Å². The van der Waals surface area contributed by atoms with Gasteiger partial charge in [-0.2, -0.15) is 0 Å². The Kier molecular flexibility index (Phi) is 7.83. The molecule has 0 amide bonds. The molecule has 190 valence electrons. The van der Waals surface area contributed by atoms with E-state index in [1.54, 1.807) is 36.1 Å². The summed E-state index contributed by atoms with van der Waals surface area (Å²) in [6.45, 7) is 4.34. The van der Waals surface area contributed by atoms with E-state index in [0.717, 1.165) is 5.69 Å². The van der Waals surface area contributed by atoms with Crippen molar-refractivity contribution in [3.8, 4) is 5.75 Å². The normalized spacial score (nSPS) is 13.5. The highest BCUT2D eigenvalue weighted by Gasteiger charge is 2.32. The number of aromatic nitrogens is 2. The standard InChI is InChI=1S/C24H28N6O6/c1-2-35-21(32)9-10-29(16-18-6-5-15-36-18)24-22(30(33)34)23(25-17-26-24)28-13-11-27(12-14-28)19-7-3-4-8-20(19)31/h3-8,15,17,31H,2,9-14,16H2,1H3. The number of anilines is 3. The molecule has 36 heavy (non-hydrogen) atoms. The summed E-state index contributed by atoms with van der Waals surface area (Å²) in [4.78, 5) is 37.8. The number of phenolic OH excluding ortho intramolecular Hbond substituents is 1. The molecule has 1 fully saturated rings. The highest BCUT2D eigenvalue weighted by atomic mass is 16.6. The van der Waals surface area contributed by atoms with Crippen molar-refractivity contribution in [3.05, 3.63) is 64.9 Å². The minimum Gasteiger partial charge on any atom is -0.506 e.